The van der Waals surface area contributed by atoms with E-state index in [0.717, 1.165) is 17.7 Å². The zero-order valence-electron chi connectivity index (χ0n) is 12.8. The third kappa shape index (κ3) is 2.75. The van der Waals surface area contributed by atoms with Crippen LogP contribution >= 0.6 is 0 Å². The molecule has 0 saturated heterocycles. The normalized spacial score (nSPS) is 16.3. The molecule has 0 aromatic heterocycles. The molecule has 3 rings (SSSR count). The topological polar surface area (TPSA) is 29.5 Å². The first kappa shape index (κ1) is 14.4. The number of ether oxygens (including phenoxy) is 1. The van der Waals surface area contributed by atoms with Crippen LogP contribution in [0.4, 0.5) is 10.5 Å². The Bertz CT molecular complexity index is 707. The summed E-state index contributed by atoms with van der Waals surface area (Å²) in [7, 11) is 1.40. The molecule has 3 nitrogen and oxygen atoms in total. The third-order valence-electron chi connectivity index (χ3n) is 3.98. The summed E-state index contributed by atoms with van der Waals surface area (Å²) in [5.74, 6) is 0.262. The van der Waals surface area contributed by atoms with Crippen molar-refractivity contribution in [2.75, 3.05) is 12.0 Å². The second-order valence-electron chi connectivity index (χ2n) is 5.54. The van der Waals surface area contributed by atoms with Gasteiger partial charge in [-0.25, -0.2) is 4.79 Å². The SMILES string of the molecule is COC(=O)N1C=CC(Cc2ccccc2)c2cc(C)ccc21. The first-order valence-corrected chi connectivity index (χ1v) is 7.39. The van der Waals surface area contributed by atoms with Crippen molar-refractivity contribution in [2.24, 2.45) is 0 Å². The van der Waals surface area contributed by atoms with Crippen LogP contribution in [0, 0.1) is 6.92 Å². The molecule has 2 aromatic carbocycles. The summed E-state index contributed by atoms with van der Waals surface area (Å²) in [6.07, 6.45) is 4.45. The fourth-order valence-electron chi connectivity index (χ4n) is 2.87. The Morgan fingerprint density at radius 1 is 1.18 bits per heavy atom. The van der Waals surface area contributed by atoms with E-state index in [2.05, 4.69) is 43.3 Å². The standard InChI is InChI=1S/C19H19NO2/c1-14-8-9-18-17(12-14)16(10-11-20(18)19(21)22-2)13-15-6-4-3-5-7-15/h3-12,16H,13H2,1-2H3. The minimum atomic E-state index is -0.362. The molecule has 0 N–H and O–H groups in total. The molecule has 3 heteroatoms. The van der Waals surface area contributed by atoms with E-state index in [4.69, 9.17) is 4.74 Å². The average molecular weight is 293 g/mol. The summed E-state index contributed by atoms with van der Waals surface area (Å²) in [6.45, 7) is 2.07. The molecule has 0 bridgehead atoms. The van der Waals surface area contributed by atoms with Gasteiger partial charge in [-0.1, -0.05) is 54.1 Å². The lowest BCUT2D eigenvalue weighted by atomic mass is 9.87. The number of nitrogens with zero attached hydrogens (tertiary/aromatic N) is 1. The Morgan fingerprint density at radius 3 is 2.68 bits per heavy atom. The predicted octanol–water partition coefficient (Wildman–Crippen LogP) is 4.42. The van der Waals surface area contributed by atoms with Gasteiger partial charge in [-0.2, -0.15) is 0 Å². The van der Waals surface area contributed by atoms with Gasteiger partial charge in [0.2, 0.25) is 0 Å². The molecule has 112 valence electrons. The molecular formula is C19H19NO2. The van der Waals surface area contributed by atoms with Crippen LogP contribution in [-0.4, -0.2) is 13.2 Å². The number of fused-ring (bicyclic) bond motifs is 1. The monoisotopic (exact) mass is 293 g/mol. The highest BCUT2D eigenvalue weighted by molar-refractivity contribution is 5.91. The lowest BCUT2D eigenvalue weighted by Gasteiger charge is -2.28. The molecule has 0 saturated carbocycles. The Hall–Kier alpha value is -2.55. The minimum absolute atomic E-state index is 0.262. The van der Waals surface area contributed by atoms with E-state index in [1.807, 2.05) is 24.4 Å². The summed E-state index contributed by atoms with van der Waals surface area (Å²) in [5.41, 5.74) is 4.55. The van der Waals surface area contributed by atoms with Crippen molar-refractivity contribution in [3.8, 4) is 0 Å². The molecule has 1 heterocycles. The van der Waals surface area contributed by atoms with Crippen molar-refractivity contribution in [3.05, 3.63) is 77.5 Å². The molecule has 22 heavy (non-hydrogen) atoms. The maximum absolute atomic E-state index is 11.9. The van der Waals surface area contributed by atoms with Gasteiger partial charge in [0.15, 0.2) is 0 Å². The quantitative estimate of drug-likeness (QED) is 0.820. The van der Waals surface area contributed by atoms with Crippen LogP contribution in [0.15, 0.2) is 60.8 Å². The molecule has 0 fully saturated rings. The highest BCUT2D eigenvalue weighted by Gasteiger charge is 2.25. The maximum Gasteiger partial charge on any atom is 0.418 e. The lowest BCUT2D eigenvalue weighted by Crippen LogP contribution is -2.29. The second kappa shape index (κ2) is 6.06. The van der Waals surface area contributed by atoms with E-state index < -0.39 is 0 Å². The van der Waals surface area contributed by atoms with Crippen molar-refractivity contribution in [1.29, 1.82) is 0 Å². The van der Waals surface area contributed by atoms with Crippen molar-refractivity contribution in [3.63, 3.8) is 0 Å². The van der Waals surface area contributed by atoms with Crippen molar-refractivity contribution >= 4 is 11.8 Å². The Labute approximate surface area is 130 Å². The van der Waals surface area contributed by atoms with Crippen molar-refractivity contribution in [1.82, 2.24) is 0 Å². The number of hydrogen-bond acceptors (Lipinski definition) is 2. The van der Waals surface area contributed by atoms with Crippen molar-refractivity contribution in [2.45, 2.75) is 19.3 Å². The molecule has 1 aliphatic rings. The third-order valence-corrected chi connectivity index (χ3v) is 3.98. The van der Waals surface area contributed by atoms with Crippen LogP contribution in [0.5, 0.6) is 0 Å². The number of methoxy groups -OCH3 is 1. The maximum atomic E-state index is 11.9. The molecule has 1 unspecified atom stereocenters. The zero-order chi connectivity index (χ0) is 15.5. The number of hydrogen-bond donors (Lipinski definition) is 0. The van der Waals surface area contributed by atoms with Gasteiger partial charge in [0.25, 0.3) is 0 Å². The smallest absolute Gasteiger partial charge is 0.418 e. The van der Waals surface area contributed by atoms with E-state index in [1.54, 1.807) is 4.90 Å². The number of allylic oxidation sites excluding steroid dienone is 1. The van der Waals surface area contributed by atoms with Crippen LogP contribution < -0.4 is 4.90 Å². The highest BCUT2D eigenvalue weighted by Crippen LogP contribution is 2.36. The Kier molecular flexibility index (Phi) is 3.96. The van der Waals surface area contributed by atoms with Gasteiger partial charge < -0.3 is 4.74 Å². The predicted molar refractivity (Wildman–Crippen MR) is 88.1 cm³/mol. The lowest BCUT2D eigenvalue weighted by molar-refractivity contribution is 0.181. The summed E-state index contributed by atoms with van der Waals surface area (Å²) < 4.78 is 4.87. The van der Waals surface area contributed by atoms with Crippen LogP contribution in [0.25, 0.3) is 0 Å². The zero-order valence-corrected chi connectivity index (χ0v) is 12.8. The first-order valence-electron chi connectivity index (χ1n) is 7.39. The molecule has 1 atom stereocenters. The van der Waals surface area contributed by atoms with Gasteiger partial charge in [0.1, 0.15) is 0 Å². The summed E-state index contributed by atoms with van der Waals surface area (Å²) in [6, 6.07) is 16.6. The number of amides is 1. The largest absolute Gasteiger partial charge is 0.452 e. The van der Waals surface area contributed by atoms with E-state index in [0.29, 0.717) is 0 Å². The summed E-state index contributed by atoms with van der Waals surface area (Å²) in [5, 5.41) is 0. The van der Waals surface area contributed by atoms with Crippen LogP contribution in [0.3, 0.4) is 0 Å². The highest BCUT2D eigenvalue weighted by atomic mass is 16.5. The number of carbonyl (C=O) groups excluding carboxylic acids is 1. The number of aryl methyl sites for hydroxylation is 1. The molecule has 1 amide bonds. The number of benzene rings is 2. The molecule has 2 aromatic rings. The van der Waals surface area contributed by atoms with Gasteiger partial charge in [0, 0.05) is 12.1 Å². The van der Waals surface area contributed by atoms with E-state index in [9.17, 15) is 4.79 Å². The number of rotatable bonds is 2. The Balaban J connectivity index is 1.97. The van der Waals surface area contributed by atoms with E-state index >= 15 is 0 Å². The molecule has 0 aliphatic carbocycles. The molecule has 0 spiro atoms. The average Bonchev–Trinajstić information content (AvgIpc) is 2.55. The summed E-state index contributed by atoms with van der Waals surface area (Å²) >= 11 is 0. The summed E-state index contributed by atoms with van der Waals surface area (Å²) in [4.78, 5) is 13.5. The first-order chi connectivity index (χ1) is 10.7. The number of anilines is 1. The fourth-order valence-corrected chi connectivity index (χ4v) is 2.87. The van der Waals surface area contributed by atoms with Gasteiger partial charge in [-0.3, -0.25) is 4.90 Å². The van der Waals surface area contributed by atoms with Gasteiger partial charge in [0.05, 0.1) is 12.8 Å². The molecular weight excluding hydrogens is 274 g/mol. The molecule has 1 aliphatic heterocycles. The van der Waals surface area contributed by atoms with E-state index in [-0.39, 0.29) is 12.0 Å². The molecule has 0 radical (unpaired) electrons. The van der Waals surface area contributed by atoms with Gasteiger partial charge in [-0.15, -0.1) is 0 Å². The van der Waals surface area contributed by atoms with Gasteiger partial charge >= 0.3 is 6.09 Å². The van der Waals surface area contributed by atoms with Crippen molar-refractivity contribution < 1.29 is 9.53 Å². The number of carbonyl (C=O) groups is 1. The van der Waals surface area contributed by atoms with E-state index in [1.165, 1.54) is 18.2 Å². The van der Waals surface area contributed by atoms with Crippen LogP contribution in [-0.2, 0) is 11.2 Å². The second-order valence-corrected chi connectivity index (χ2v) is 5.54. The van der Waals surface area contributed by atoms with Crippen LogP contribution in [0.2, 0.25) is 0 Å². The van der Waals surface area contributed by atoms with Gasteiger partial charge in [-0.05, 0) is 30.5 Å². The van der Waals surface area contributed by atoms with Crippen LogP contribution in [0.1, 0.15) is 22.6 Å². The minimum Gasteiger partial charge on any atom is -0.452 e. The Morgan fingerprint density at radius 2 is 1.95 bits per heavy atom. The fraction of sp³-hybridized carbons (Fsp3) is 0.211.